The van der Waals surface area contributed by atoms with Crippen LogP contribution < -0.4 is 5.63 Å². The van der Waals surface area contributed by atoms with E-state index in [2.05, 4.69) is 6.58 Å². The molecule has 0 aliphatic carbocycles. The van der Waals surface area contributed by atoms with Gasteiger partial charge >= 0.3 is 5.63 Å². The van der Waals surface area contributed by atoms with Crippen molar-refractivity contribution in [2.45, 2.75) is 29.9 Å². The van der Waals surface area contributed by atoms with Gasteiger partial charge < -0.3 is 14.6 Å². The molecule has 0 spiro atoms. The molecule has 6 heteroatoms. The van der Waals surface area contributed by atoms with Crippen LogP contribution in [0, 0.1) is 6.92 Å². The number of hydrogen-bond donors (Lipinski definition) is 2. The summed E-state index contributed by atoms with van der Waals surface area (Å²) in [6.45, 7) is 5.36. The average molecular weight is 420 g/mol. The SMILES string of the molecule is C=CCc1cccc(C2CC(c3c(O)cc(C)oc3=O)=Nc3ccccc3S2)c1O. The summed E-state index contributed by atoms with van der Waals surface area (Å²) in [4.78, 5) is 18.2. The monoisotopic (exact) mass is 419 g/mol. The van der Waals surface area contributed by atoms with Crippen molar-refractivity contribution in [1.29, 1.82) is 0 Å². The van der Waals surface area contributed by atoms with Crippen LogP contribution in [0.5, 0.6) is 11.5 Å². The number of para-hydroxylation sites is 2. The van der Waals surface area contributed by atoms with Gasteiger partial charge in [0.1, 0.15) is 22.8 Å². The Bertz CT molecular complexity index is 1210. The molecule has 4 rings (SSSR count). The van der Waals surface area contributed by atoms with E-state index in [9.17, 15) is 15.0 Å². The van der Waals surface area contributed by atoms with Crippen LogP contribution in [0.15, 0.2) is 80.3 Å². The highest BCUT2D eigenvalue weighted by molar-refractivity contribution is 7.99. The summed E-state index contributed by atoms with van der Waals surface area (Å²) in [6, 6.07) is 14.7. The molecule has 1 aliphatic rings. The average Bonchev–Trinajstić information content (AvgIpc) is 2.88. The van der Waals surface area contributed by atoms with Crippen molar-refractivity contribution in [2.24, 2.45) is 4.99 Å². The highest BCUT2D eigenvalue weighted by Gasteiger charge is 2.28. The van der Waals surface area contributed by atoms with E-state index in [4.69, 9.17) is 9.41 Å². The molecule has 0 radical (unpaired) electrons. The molecule has 0 fully saturated rings. The van der Waals surface area contributed by atoms with Crippen LogP contribution >= 0.6 is 11.8 Å². The quantitative estimate of drug-likeness (QED) is 0.550. The van der Waals surface area contributed by atoms with Gasteiger partial charge in [0.15, 0.2) is 0 Å². The van der Waals surface area contributed by atoms with Crippen LogP contribution in [0.2, 0.25) is 0 Å². The lowest BCUT2D eigenvalue weighted by atomic mass is 9.98. The highest BCUT2D eigenvalue weighted by Crippen LogP contribution is 2.48. The van der Waals surface area contributed by atoms with E-state index < -0.39 is 5.63 Å². The molecule has 0 bridgehead atoms. The van der Waals surface area contributed by atoms with Gasteiger partial charge in [-0.05, 0) is 31.0 Å². The zero-order valence-electron chi connectivity index (χ0n) is 16.5. The molecule has 2 N–H and O–H groups in total. The number of phenolic OH excluding ortho intramolecular Hbond substituents is 1. The van der Waals surface area contributed by atoms with Gasteiger partial charge in [0, 0.05) is 28.2 Å². The Hall–Kier alpha value is -3.25. The molecule has 1 atom stereocenters. The minimum atomic E-state index is -0.626. The maximum absolute atomic E-state index is 12.6. The number of benzene rings is 2. The second-order valence-electron chi connectivity index (χ2n) is 7.09. The van der Waals surface area contributed by atoms with Crippen LogP contribution in [-0.2, 0) is 6.42 Å². The van der Waals surface area contributed by atoms with Crippen LogP contribution in [0.4, 0.5) is 5.69 Å². The number of phenols is 1. The van der Waals surface area contributed by atoms with Crippen molar-refractivity contribution in [3.63, 3.8) is 0 Å². The van der Waals surface area contributed by atoms with Crippen LogP contribution in [0.25, 0.3) is 0 Å². The molecule has 1 aliphatic heterocycles. The Kier molecular flexibility index (Phi) is 5.50. The predicted molar refractivity (Wildman–Crippen MR) is 119 cm³/mol. The summed E-state index contributed by atoms with van der Waals surface area (Å²) < 4.78 is 5.22. The van der Waals surface area contributed by atoms with Crippen LogP contribution in [0.1, 0.15) is 34.1 Å². The first-order valence-electron chi connectivity index (χ1n) is 9.57. The number of aliphatic imine (C=N–C) groups is 1. The lowest BCUT2D eigenvalue weighted by molar-refractivity contribution is 0.432. The lowest BCUT2D eigenvalue weighted by Gasteiger charge is -2.19. The number of fused-ring (bicyclic) bond motifs is 1. The summed E-state index contributed by atoms with van der Waals surface area (Å²) in [5, 5.41) is 21.2. The van der Waals surface area contributed by atoms with E-state index in [1.54, 1.807) is 24.8 Å². The van der Waals surface area contributed by atoms with E-state index in [1.165, 1.54) is 6.07 Å². The Morgan fingerprint density at radius 1 is 1.23 bits per heavy atom. The number of allylic oxidation sites excluding steroid dienone is 1. The second-order valence-corrected chi connectivity index (χ2v) is 8.33. The normalized spacial score (nSPS) is 15.8. The molecule has 30 heavy (non-hydrogen) atoms. The third-order valence-corrected chi connectivity index (χ3v) is 6.28. The van der Waals surface area contributed by atoms with Gasteiger partial charge in [0.2, 0.25) is 0 Å². The van der Waals surface area contributed by atoms with Crippen molar-refractivity contribution in [3.05, 3.63) is 94.1 Å². The van der Waals surface area contributed by atoms with Gasteiger partial charge in [-0.15, -0.1) is 18.3 Å². The molecule has 0 amide bonds. The van der Waals surface area contributed by atoms with Gasteiger partial charge in [-0.1, -0.05) is 36.4 Å². The molecule has 2 heterocycles. The molecule has 0 saturated carbocycles. The van der Waals surface area contributed by atoms with Gasteiger partial charge in [-0.25, -0.2) is 4.79 Å². The summed E-state index contributed by atoms with van der Waals surface area (Å²) in [6.07, 6.45) is 2.64. The van der Waals surface area contributed by atoms with Crippen molar-refractivity contribution in [1.82, 2.24) is 0 Å². The van der Waals surface area contributed by atoms with Crippen molar-refractivity contribution in [2.75, 3.05) is 0 Å². The number of thioether (sulfide) groups is 1. The number of aromatic hydroxyl groups is 2. The Morgan fingerprint density at radius 2 is 2.03 bits per heavy atom. The molecule has 2 aromatic carbocycles. The van der Waals surface area contributed by atoms with E-state index in [0.29, 0.717) is 30.0 Å². The minimum absolute atomic E-state index is 0.0599. The van der Waals surface area contributed by atoms with Crippen molar-refractivity contribution in [3.8, 4) is 11.5 Å². The van der Waals surface area contributed by atoms with Gasteiger partial charge in [0.05, 0.1) is 11.4 Å². The molecule has 0 saturated heterocycles. The second kappa shape index (κ2) is 8.24. The smallest absolute Gasteiger partial charge is 0.348 e. The third kappa shape index (κ3) is 3.78. The highest BCUT2D eigenvalue weighted by atomic mass is 32.2. The van der Waals surface area contributed by atoms with Crippen LogP contribution in [0.3, 0.4) is 0 Å². The summed E-state index contributed by atoms with van der Waals surface area (Å²) in [7, 11) is 0. The van der Waals surface area contributed by atoms with Gasteiger partial charge in [-0.3, -0.25) is 4.99 Å². The first-order chi connectivity index (χ1) is 14.5. The first kappa shape index (κ1) is 20.0. The fourth-order valence-corrected chi connectivity index (χ4v) is 4.85. The number of hydrogen-bond acceptors (Lipinski definition) is 6. The Morgan fingerprint density at radius 3 is 2.80 bits per heavy atom. The maximum atomic E-state index is 12.6. The van der Waals surface area contributed by atoms with Crippen molar-refractivity contribution >= 4 is 23.2 Å². The van der Waals surface area contributed by atoms with E-state index >= 15 is 0 Å². The minimum Gasteiger partial charge on any atom is -0.507 e. The standard InChI is InChI=1S/C24H21NO4S/c1-3-7-15-8-6-9-16(23(15)27)21-13-18(22-19(26)12-14(2)29-24(22)28)25-17-10-4-5-11-20(17)30-21/h3-6,8-12,21,26-27H,1,7,13H2,2H3. The molecular weight excluding hydrogens is 398 g/mol. The molecule has 1 unspecified atom stereocenters. The van der Waals surface area contributed by atoms with E-state index in [1.807, 2.05) is 42.5 Å². The zero-order chi connectivity index (χ0) is 21.3. The third-order valence-electron chi connectivity index (χ3n) is 4.97. The number of aryl methyl sites for hydroxylation is 1. The molecular formula is C24H21NO4S. The zero-order valence-corrected chi connectivity index (χ0v) is 17.3. The van der Waals surface area contributed by atoms with Crippen molar-refractivity contribution < 1.29 is 14.6 Å². The molecule has 5 nitrogen and oxygen atoms in total. The van der Waals surface area contributed by atoms with E-state index in [0.717, 1.165) is 16.0 Å². The molecule has 1 aromatic heterocycles. The first-order valence-corrected chi connectivity index (χ1v) is 10.4. The Labute approximate surface area is 178 Å². The maximum Gasteiger partial charge on any atom is 0.348 e. The van der Waals surface area contributed by atoms with E-state index in [-0.39, 0.29) is 22.3 Å². The van der Waals surface area contributed by atoms with Gasteiger partial charge in [0.25, 0.3) is 0 Å². The topological polar surface area (TPSA) is 83.0 Å². The summed E-state index contributed by atoms with van der Waals surface area (Å²) in [5.74, 6) is 0.389. The Balaban J connectivity index is 1.87. The lowest BCUT2D eigenvalue weighted by Crippen LogP contribution is -2.17. The summed E-state index contributed by atoms with van der Waals surface area (Å²) >= 11 is 1.57. The summed E-state index contributed by atoms with van der Waals surface area (Å²) in [5.41, 5.74) is 2.11. The fourth-order valence-electron chi connectivity index (χ4n) is 3.60. The number of nitrogens with zero attached hydrogens (tertiary/aromatic N) is 1. The molecule has 3 aromatic rings. The molecule has 152 valence electrons. The van der Waals surface area contributed by atoms with Gasteiger partial charge in [-0.2, -0.15) is 0 Å². The largest absolute Gasteiger partial charge is 0.507 e. The fraction of sp³-hybridized carbons (Fsp3) is 0.167. The van der Waals surface area contributed by atoms with Crippen LogP contribution in [-0.4, -0.2) is 15.9 Å². The predicted octanol–water partition coefficient (Wildman–Crippen LogP) is 5.45. The number of rotatable bonds is 4.